The van der Waals surface area contributed by atoms with Crippen molar-refractivity contribution in [2.75, 3.05) is 12.8 Å². The van der Waals surface area contributed by atoms with Crippen molar-refractivity contribution in [1.29, 1.82) is 0 Å². The molecule has 0 aromatic carbocycles. The second kappa shape index (κ2) is 7.55. The monoisotopic (exact) mass is 385 g/mol. The average molecular weight is 386 g/mol. The standard InChI is InChI=1S/C16H19N3O4S.ClH/c1-11-14(4-6-23-11)16(20)19-5-3-15-12(9-18-24(2,21)22)7-17-8-13(15)10-19;/h4,6-8,18H,3,5,9-10H2,1-2H3;1H. The first kappa shape index (κ1) is 19.4. The molecule has 0 saturated carbocycles. The lowest BCUT2D eigenvalue weighted by atomic mass is 9.96. The zero-order valence-corrected chi connectivity index (χ0v) is 15.6. The predicted octanol–water partition coefficient (Wildman–Crippen LogP) is 1.65. The Morgan fingerprint density at radius 3 is 2.80 bits per heavy atom. The van der Waals surface area contributed by atoms with Crippen LogP contribution in [-0.4, -0.2) is 37.0 Å². The lowest BCUT2D eigenvalue weighted by molar-refractivity contribution is 0.0732. The molecule has 0 fully saturated rings. The summed E-state index contributed by atoms with van der Waals surface area (Å²) in [5.41, 5.74) is 3.43. The zero-order valence-electron chi connectivity index (χ0n) is 14.0. The summed E-state index contributed by atoms with van der Waals surface area (Å²) in [6.45, 7) is 3.01. The van der Waals surface area contributed by atoms with Gasteiger partial charge in [0.25, 0.3) is 5.91 Å². The number of carbonyl (C=O) groups excluding carboxylic acids is 1. The van der Waals surface area contributed by atoms with Crippen molar-refractivity contribution in [3.8, 4) is 0 Å². The van der Waals surface area contributed by atoms with Crippen LogP contribution in [0.15, 0.2) is 29.1 Å². The largest absolute Gasteiger partial charge is 0.469 e. The smallest absolute Gasteiger partial charge is 0.257 e. The van der Waals surface area contributed by atoms with E-state index in [0.717, 1.165) is 22.9 Å². The molecule has 1 amide bonds. The normalized spacial score (nSPS) is 13.9. The molecule has 0 unspecified atom stereocenters. The number of furan rings is 1. The molecular formula is C16H20ClN3O4S. The van der Waals surface area contributed by atoms with Crippen LogP contribution in [0.5, 0.6) is 0 Å². The Morgan fingerprint density at radius 2 is 2.16 bits per heavy atom. The molecule has 0 saturated heterocycles. The highest BCUT2D eigenvalue weighted by molar-refractivity contribution is 7.88. The number of carbonyl (C=O) groups is 1. The minimum Gasteiger partial charge on any atom is -0.469 e. The lowest BCUT2D eigenvalue weighted by Gasteiger charge is -2.29. The third-order valence-corrected chi connectivity index (χ3v) is 4.80. The molecule has 2 aromatic rings. The number of amides is 1. The van der Waals surface area contributed by atoms with Crippen molar-refractivity contribution in [3.63, 3.8) is 0 Å². The Labute approximate surface area is 152 Å². The number of aryl methyl sites for hydroxylation is 1. The van der Waals surface area contributed by atoms with Crippen molar-refractivity contribution >= 4 is 28.3 Å². The Balaban J connectivity index is 0.00000225. The fourth-order valence-electron chi connectivity index (χ4n) is 2.88. The van der Waals surface area contributed by atoms with E-state index in [9.17, 15) is 13.2 Å². The first-order valence-electron chi connectivity index (χ1n) is 7.58. The molecular weight excluding hydrogens is 366 g/mol. The van der Waals surface area contributed by atoms with Crippen LogP contribution in [0.3, 0.4) is 0 Å². The van der Waals surface area contributed by atoms with Crippen molar-refractivity contribution < 1.29 is 17.6 Å². The summed E-state index contributed by atoms with van der Waals surface area (Å²) in [6.07, 6.45) is 6.72. The van der Waals surface area contributed by atoms with E-state index >= 15 is 0 Å². The van der Waals surface area contributed by atoms with E-state index in [1.165, 1.54) is 6.26 Å². The first-order chi connectivity index (χ1) is 11.3. The van der Waals surface area contributed by atoms with E-state index in [2.05, 4.69) is 9.71 Å². The number of rotatable bonds is 4. The number of halogens is 1. The number of pyridine rings is 1. The first-order valence-corrected chi connectivity index (χ1v) is 9.47. The van der Waals surface area contributed by atoms with E-state index in [1.807, 2.05) is 0 Å². The molecule has 0 bridgehead atoms. The molecule has 0 atom stereocenters. The molecule has 0 radical (unpaired) electrons. The Bertz CT molecular complexity index is 879. The molecule has 1 aliphatic rings. The van der Waals surface area contributed by atoms with Gasteiger partial charge in [0.1, 0.15) is 5.76 Å². The molecule has 3 rings (SSSR count). The van der Waals surface area contributed by atoms with Crippen LogP contribution in [0.2, 0.25) is 0 Å². The molecule has 3 heterocycles. The third-order valence-electron chi connectivity index (χ3n) is 4.13. The van der Waals surface area contributed by atoms with Gasteiger partial charge in [-0.25, -0.2) is 13.1 Å². The number of fused-ring (bicyclic) bond motifs is 1. The van der Waals surface area contributed by atoms with Crippen LogP contribution < -0.4 is 4.72 Å². The number of nitrogens with zero attached hydrogens (tertiary/aromatic N) is 2. The minimum absolute atomic E-state index is 0. The maximum absolute atomic E-state index is 12.6. The van der Waals surface area contributed by atoms with Gasteiger partial charge in [-0.1, -0.05) is 0 Å². The van der Waals surface area contributed by atoms with Gasteiger partial charge in [-0.05, 0) is 36.1 Å². The predicted molar refractivity (Wildman–Crippen MR) is 95.1 cm³/mol. The third kappa shape index (κ3) is 4.39. The summed E-state index contributed by atoms with van der Waals surface area (Å²) in [4.78, 5) is 18.5. The summed E-state index contributed by atoms with van der Waals surface area (Å²) in [5, 5.41) is 0. The molecule has 2 aromatic heterocycles. The molecule has 1 N–H and O–H groups in total. The van der Waals surface area contributed by atoms with Gasteiger partial charge in [0.05, 0.1) is 18.1 Å². The zero-order chi connectivity index (χ0) is 17.3. The van der Waals surface area contributed by atoms with Crippen molar-refractivity contribution in [2.45, 2.75) is 26.4 Å². The highest BCUT2D eigenvalue weighted by Gasteiger charge is 2.25. The summed E-state index contributed by atoms with van der Waals surface area (Å²) in [6, 6.07) is 1.68. The number of hydrogen-bond acceptors (Lipinski definition) is 5. The van der Waals surface area contributed by atoms with Gasteiger partial charge in [-0.15, -0.1) is 12.4 Å². The van der Waals surface area contributed by atoms with Crippen LogP contribution in [-0.2, 0) is 29.5 Å². The number of aromatic nitrogens is 1. The highest BCUT2D eigenvalue weighted by atomic mass is 35.5. The Kier molecular flexibility index (Phi) is 5.87. The highest BCUT2D eigenvalue weighted by Crippen LogP contribution is 2.24. The van der Waals surface area contributed by atoms with Crippen LogP contribution in [0.4, 0.5) is 0 Å². The Hall–Kier alpha value is -1.90. The van der Waals surface area contributed by atoms with Gasteiger partial charge < -0.3 is 9.32 Å². The van der Waals surface area contributed by atoms with E-state index < -0.39 is 10.0 Å². The van der Waals surface area contributed by atoms with Gasteiger partial charge in [-0.2, -0.15) is 0 Å². The second-order valence-electron chi connectivity index (χ2n) is 5.90. The summed E-state index contributed by atoms with van der Waals surface area (Å²) in [7, 11) is -3.26. The maximum Gasteiger partial charge on any atom is 0.257 e. The fraction of sp³-hybridized carbons (Fsp3) is 0.375. The molecule has 25 heavy (non-hydrogen) atoms. The molecule has 7 nitrogen and oxygen atoms in total. The molecule has 136 valence electrons. The van der Waals surface area contributed by atoms with Gasteiger partial charge >= 0.3 is 0 Å². The minimum atomic E-state index is -3.26. The number of hydrogen-bond donors (Lipinski definition) is 1. The van der Waals surface area contributed by atoms with Gasteiger partial charge in [0, 0.05) is 32.0 Å². The fourth-order valence-corrected chi connectivity index (χ4v) is 3.30. The molecule has 0 spiro atoms. The van der Waals surface area contributed by atoms with Crippen molar-refractivity contribution in [1.82, 2.24) is 14.6 Å². The topological polar surface area (TPSA) is 92.5 Å². The van der Waals surface area contributed by atoms with E-state index in [0.29, 0.717) is 30.8 Å². The number of nitrogens with one attached hydrogen (secondary N) is 1. The summed E-state index contributed by atoms with van der Waals surface area (Å²) >= 11 is 0. The van der Waals surface area contributed by atoms with Crippen LogP contribution >= 0.6 is 12.4 Å². The molecule has 1 aliphatic heterocycles. The lowest BCUT2D eigenvalue weighted by Crippen LogP contribution is -2.37. The van der Waals surface area contributed by atoms with Gasteiger partial charge in [0.15, 0.2) is 0 Å². The average Bonchev–Trinajstić information content (AvgIpc) is 2.97. The summed E-state index contributed by atoms with van der Waals surface area (Å²) in [5.74, 6) is 0.543. The van der Waals surface area contributed by atoms with Crippen LogP contribution in [0.25, 0.3) is 0 Å². The molecule has 0 aliphatic carbocycles. The van der Waals surface area contributed by atoms with E-state index in [4.69, 9.17) is 4.42 Å². The van der Waals surface area contributed by atoms with Crippen LogP contribution in [0.1, 0.15) is 32.8 Å². The second-order valence-corrected chi connectivity index (χ2v) is 7.73. The van der Waals surface area contributed by atoms with E-state index in [1.54, 1.807) is 30.3 Å². The summed E-state index contributed by atoms with van der Waals surface area (Å²) < 4.78 is 30.3. The van der Waals surface area contributed by atoms with Crippen molar-refractivity contribution in [3.05, 3.63) is 52.7 Å². The van der Waals surface area contributed by atoms with Crippen molar-refractivity contribution in [2.24, 2.45) is 0 Å². The SMILES string of the molecule is Cc1occc1C(=O)N1CCc2c(CNS(C)(=O)=O)cncc2C1.Cl. The van der Waals surface area contributed by atoms with Gasteiger partial charge in [0.2, 0.25) is 10.0 Å². The number of sulfonamides is 1. The quantitative estimate of drug-likeness (QED) is 0.863. The maximum atomic E-state index is 12.6. The van der Waals surface area contributed by atoms with Gasteiger partial charge in [-0.3, -0.25) is 9.78 Å². The Morgan fingerprint density at radius 1 is 1.40 bits per heavy atom. The van der Waals surface area contributed by atoms with E-state index in [-0.39, 0.29) is 24.9 Å². The van der Waals surface area contributed by atoms with Crippen LogP contribution in [0, 0.1) is 6.92 Å². The molecule has 9 heteroatoms.